The standard InChI is InChI=1S/C27H34FN3O7S2/c1-25(2,3)39(34)30-26(4,23-14-20(31(32)33)8-11-24(23)28)18-40(35,36)27(17-29)13-12-22(15-27)38-16-19-6-9-21(37-5)10-7-19/h6-11,14,22,30H,12-13,15-16,18H2,1-5H3/t22?,26-,27?,39+/m0/s1. The van der Waals surface area contributed by atoms with E-state index in [0.717, 1.165) is 23.8 Å². The molecular formula is C27H34FN3O7S2. The number of nitro benzene ring substituents is 1. The number of nitro groups is 1. The number of ether oxygens (including phenoxy) is 2. The Morgan fingerprint density at radius 2 is 1.88 bits per heavy atom. The first-order chi connectivity index (χ1) is 18.6. The molecule has 10 nitrogen and oxygen atoms in total. The summed E-state index contributed by atoms with van der Waals surface area (Å²) in [6.45, 7) is 6.47. The van der Waals surface area contributed by atoms with E-state index in [1.165, 1.54) is 6.92 Å². The number of nitrogens with one attached hydrogen (secondary N) is 1. The monoisotopic (exact) mass is 595 g/mol. The summed E-state index contributed by atoms with van der Waals surface area (Å²) in [5, 5.41) is 21.5. The zero-order chi connectivity index (χ0) is 29.9. The number of hydrogen-bond donors (Lipinski definition) is 1. The van der Waals surface area contributed by atoms with Crippen LogP contribution in [0.25, 0.3) is 0 Å². The SMILES string of the molecule is COc1ccc(COC2CCC(C#N)(S(=O)(=O)C[C@](C)(N[S@+]([O-])C(C)(C)C)c3cc([N+](=O)[O-])ccc3F)C2)cc1. The van der Waals surface area contributed by atoms with E-state index in [4.69, 9.17) is 9.47 Å². The van der Waals surface area contributed by atoms with Crippen LogP contribution in [0.15, 0.2) is 42.5 Å². The number of halogens is 1. The summed E-state index contributed by atoms with van der Waals surface area (Å²) in [6, 6.07) is 11.9. The van der Waals surface area contributed by atoms with Crippen LogP contribution in [0.3, 0.4) is 0 Å². The van der Waals surface area contributed by atoms with Crippen molar-refractivity contribution in [3.63, 3.8) is 0 Å². The summed E-state index contributed by atoms with van der Waals surface area (Å²) < 4.78 is 67.2. The molecule has 0 saturated heterocycles. The van der Waals surface area contributed by atoms with Crippen molar-refractivity contribution in [2.45, 2.75) is 74.7 Å². The van der Waals surface area contributed by atoms with Gasteiger partial charge in [0.25, 0.3) is 5.69 Å². The van der Waals surface area contributed by atoms with Crippen LogP contribution in [0, 0.1) is 27.3 Å². The Balaban J connectivity index is 1.91. The molecule has 2 aromatic carbocycles. The lowest BCUT2D eigenvalue weighted by Gasteiger charge is -2.36. The highest BCUT2D eigenvalue weighted by Crippen LogP contribution is 2.42. The Kier molecular flexibility index (Phi) is 9.53. The highest BCUT2D eigenvalue weighted by molar-refractivity contribution is 7.93. The molecule has 13 heteroatoms. The summed E-state index contributed by atoms with van der Waals surface area (Å²) in [6.07, 6.45) is -0.312. The van der Waals surface area contributed by atoms with Crippen molar-refractivity contribution < 1.29 is 31.8 Å². The van der Waals surface area contributed by atoms with Gasteiger partial charge < -0.3 is 14.0 Å². The fourth-order valence-corrected chi connectivity index (χ4v) is 7.85. The lowest BCUT2D eigenvalue weighted by molar-refractivity contribution is -0.385. The zero-order valence-electron chi connectivity index (χ0n) is 23.1. The fraction of sp³-hybridized carbons (Fsp3) is 0.519. The van der Waals surface area contributed by atoms with Crippen LogP contribution in [-0.4, -0.2) is 46.4 Å². The second kappa shape index (κ2) is 12.0. The van der Waals surface area contributed by atoms with Gasteiger partial charge in [0.15, 0.2) is 14.6 Å². The molecule has 0 bridgehead atoms. The van der Waals surface area contributed by atoms with E-state index in [9.17, 15) is 28.3 Å². The van der Waals surface area contributed by atoms with Gasteiger partial charge >= 0.3 is 0 Å². The lowest BCUT2D eigenvalue weighted by atomic mass is 9.94. The Morgan fingerprint density at radius 3 is 2.42 bits per heavy atom. The second-order valence-corrected chi connectivity index (χ2v) is 15.4. The van der Waals surface area contributed by atoms with Gasteiger partial charge in [0.2, 0.25) is 0 Å². The fourth-order valence-electron chi connectivity index (χ4n) is 4.59. The van der Waals surface area contributed by atoms with Gasteiger partial charge in [-0.1, -0.05) is 12.1 Å². The van der Waals surface area contributed by atoms with Gasteiger partial charge in [-0.3, -0.25) is 10.1 Å². The summed E-state index contributed by atoms with van der Waals surface area (Å²) in [4.78, 5) is 10.7. The number of methoxy groups -OCH3 is 1. The van der Waals surface area contributed by atoms with Crippen LogP contribution in [-0.2, 0) is 38.1 Å². The predicted octanol–water partition coefficient (Wildman–Crippen LogP) is 4.46. The summed E-state index contributed by atoms with van der Waals surface area (Å²) in [7, 11) is -2.78. The molecule has 1 fully saturated rings. The van der Waals surface area contributed by atoms with Gasteiger partial charge in [0.1, 0.15) is 21.9 Å². The largest absolute Gasteiger partial charge is 0.598 e. The van der Waals surface area contributed by atoms with Crippen molar-refractivity contribution in [3.05, 3.63) is 69.5 Å². The molecule has 2 unspecified atom stereocenters. The molecule has 40 heavy (non-hydrogen) atoms. The zero-order valence-corrected chi connectivity index (χ0v) is 24.7. The lowest BCUT2D eigenvalue weighted by Crippen LogP contribution is -2.55. The van der Waals surface area contributed by atoms with Gasteiger partial charge in [-0.05, 0) is 64.3 Å². The first-order valence-electron chi connectivity index (χ1n) is 12.6. The first-order valence-corrected chi connectivity index (χ1v) is 15.4. The molecule has 2 aromatic rings. The van der Waals surface area contributed by atoms with Crippen molar-refractivity contribution in [2.75, 3.05) is 12.9 Å². The molecule has 0 heterocycles. The number of benzene rings is 2. The van der Waals surface area contributed by atoms with Crippen molar-refractivity contribution in [3.8, 4) is 11.8 Å². The van der Waals surface area contributed by atoms with E-state index in [1.54, 1.807) is 40.0 Å². The number of nitriles is 1. The Labute approximate surface area is 237 Å². The maximum atomic E-state index is 15.1. The maximum absolute atomic E-state index is 15.1. The molecule has 3 rings (SSSR count). The minimum Gasteiger partial charge on any atom is -0.598 e. The molecule has 4 atom stereocenters. The average Bonchev–Trinajstić information content (AvgIpc) is 3.32. The van der Waals surface area contributed by atoms with Crippen LogP contribution in [0.4, 0.5) is 10.1 Å². The number of sulfone groups is 1. The van der Waals surface area contributed by atoms with Crippen LogP contribution >= 0.6 is 0 Å². The number of rotatable bonds is 11. The molecule has 0 spiro atoms. The molecular weight excluding hydrogens is 561 g/mol. The van der Waals surface area contributed by atoms with E-state index in [-0.39, 0.29) is 25.0 Å². The Morgan fingerprint density at radius 1 is 1.23 bits per heavy atom. The van der Waals surface area contributed by atoms with Gasteiger partial charge in [0, 0.05) is 35.5 Å². The topological polar surface area (TPSA) is 155 Å². The van der Waals surface area contributed by atoms with E-state index in [0.29, 0.717) is 12.2 Å². The normalized spacial score (nSPS) is 21.8. The minimum atomic E-state index is -4.33. The molecule has 218 valence electrons. The quantitative estimate of drug-likeness (QED) is 0.225. The molecule has 0 amide bonds. The third-order valence-electron chi connectivity index (χ3n) is 6.98. The number of hydrogen-bond acceptors (Lipinski definition) is 9. The van der Waals surface area contributed by atoms with Crippen LogP contribution in [0.1, 0.15) is 58.1 Å². The van der Waals surface area contributed by atoms with E-state index in [1.807, 2.05) is 18.2 Å². The van der Waals surface area contributed by atoms with Crippen molar-refractivity contribution in [1.29, 1.82) is 5.26 Å². The summed E-state index contributed by atoms with van der Waals surface area (Å²) in [5.41, 5.74) is -1.80. The first kappa shape index (κ1) is 31.8. The second-order valence-electron chi connectivity index (χ2n) is 11.1. The Bertz CT molecular complexity index is 1380. The molecule has 1 N–H and O–H groups in total. The molecule has 0 radical (unpaired) electrons. The number of non-ortho nitro benzene ring substituents is 1. The third kappa shape index (κ3) is 6.92. The summed E-state index contributed by atoms with van der Waals surface area (Å²) in [5.74, 6) is -1.04. The number of nitrogens with zero attached hydrogens (tertiary/aromatic N) is 2. The average molecular weight is 596 g/mol. The Hall–Kier alpha value is -2.76. The van der Waals surface area contributed by atoms with E-state index >= 15 is 4.39 Å². The van der Waals surface area contributed by atoms with Crippen LogP contribution < -0.4 is 9.46 Å². The van der Waals surface area contributed by atoms with Gasteiger partial charge in [0.05, 0.1) is 36.6 Å². The van der Waals surface area contributed by atoms with Crippen molar-refractivity contribution >= 4 is 26.9 Å². The van der Waals surface area contributed by atoms with E-state index < -0.39 is 64.5 Å². The molecule has 1 aliphatic rings. The highest BCUT2D eigenvalue weighted by Gasteiger charge is 2.54. The predicted molar refractivity (Wildman–Crippen MR) is 149 cm³/mol. The van der Waals surface area contributed by atoms with Crippen molar-refractivity contribution in [1.82, 2.24) is 4.72 Å². The highest BCUT2D eigenvalue weighted by atomic mass is 32.2. The van der Waals surface area contributed by atoms with E-state index in [2.05, 4.69) is 4.72 Å². The minimum absolute atomic E-state index is 0.00499. The van der Waals surface area contributed by atoms with Crippen LogP contribution in [0.5, 0.6) is 5.75 Å². The summed E-state index contributed by atoms with van der Waals surface area (Å²) >= 11 is -1.89. The third-order valence-corrected chi connectivity index (χ3v) is 11.3. The molecule has 1 saturated carbocycles. The maximum Gasteiger partial charge on any atom is 0.269 e. The molecule has 0 aliphatic heterocycles. The molecule has 1 aliphatic carbocycles. The smallest absolute Gasteiger partial charge is 0.269 e. The molecule has 0 aromatic heterocycles. The van der Waals surface area contributed by atoms with Crippen molar-refractivity contribution in [2.24, 2.45) is 0 Å². The van der Waals surface area contributed by atoms with Crippen LogP contribution in [0.2, 0.25) is 0 Å². The van der Waals surface area contributed by atoms with Gasteiger partial charge in [-0.2, -0.15) is 5.26 Å². The van der Waals surface area contributed by atoms with Gasteiger partial charge in [-0.25, -0.2) is 12.8 Å². The van der Waals surface area contributed by atoms with Gasteiger partial charge in [-0.15, -0.1) is 4.72 Å².